The smallest absolute Gasteiger partial charge is 0.316 e. The van der Waals surface area contributed by atoms with Gasteiger partial charge in [-0.05, 0) is 37.9 Å². The predicted octanol–water partition coefficient (Wildman–Crippen LogP) is 3.84. The minimum Gasteiger partial charge on any atom is -0.316 e. The van der Waals surface area contributed by atoms with E-state index in [1.165, 1.54) is 49.0 Å². The van der Waals surface area contributed by atoms with Crippen LogP contribution in [0.3, 0.4) is 0 Å². The summed E-state index contributed by atoms with van der Waals surface area (Å²) in [7, 11) is 1.95. The second-order valence-electron chi connectivity index (χ2n) is 5.02. The van der Waals surface area contributed by atoms with Crippen LogP contribution in [0.25, 0.3) is 6.08 Å². The average molecular weight is 280 g/mol. The van der Waals surface area contributed by atoms with Crippen LogP contribution in [0.15, 0.2) is 17.7 Å². The van der Waals surface area contributed by atoms with Crippen LogP contribution in [-0.4, -0.2) is 18.5 Å². The zero-order valence-corrected chi connectivity index (χ0v) is 12.0. The lowest BCUT2D eigenvalue weighted by molar-refractivity contribution is -0.380. The van der Waals surface area contributed by atoms with Crippen molar-refractivity contribution in [3.8, 4) is 0 Å². The van der Waals surface area contributed by atoms with E-state index in [2.05, 4.69) is 11.4 Å². The number of thiophene rings is 1. The Morgan fingerprint density at radius 3 is 2.79 bits per heavy atom. The molecule has 1 fully saturated rings. The molecule has 0 aliphatic heterocycles. The van der Waals surface area contributed by atoms with Gasteiger partial charge in [0, 0.05) is 17.5 Å². The molecule has 0 radical (unpaired) electrons. The molecule has 19 heavy (non-hydrogen) atoms. The third kappa shape index (κ3) is 3.88. The fourth-order valence-corrected chi connectivity index (χ4v) is 3.49. The number of hydrogen-bond donors (Lipinski definition) is 1. The van der Waals surface area contributed by atoms with E-state index in [0.717, 1.165) is 11.4 Å². The Balaban J connectivity index is 2.15. The quantitative estimate of drug-likeness (QED) is 0.658. The molecule has 0 aromatic carbocycles. The molecule has 4 nitrogen and oxygen atoms in total. The van der Waals surface area contributed by atoms with E-state index in [9.17, 15) is 10.1 Å². The van der Waals surface area contributed by atoms with Crippen LogP contribution in [0.4, 0.5) is 5.00 Å². The molecule has 1 N–H and O–H groups in total. The maximum atomic E-state index is 10.7. The van der Waals surface area contributed by atoms with Gasteiger partial charge in [0.15, 0.2) is 0 Å². The predicted molar refractivity (Wildman–Crippen MR) is 79.5 cm³/mol. The lowest BCUT2D eigenvalue weighted by Crippen LogP contribution is -2.18. The highest BCUT2D eigenvalue weighted by molar-refractivity contribution is 7.16. The monoisotopic (exact) mass is 280 g/mol. The van der Waals surface area contributed by atoms with Gasteiger partial charge in [-0.1, -0.05) is 36.2 Å². The standard InChI is InChI=1S/C14H20N2O2S/c1-15-10-12(11-5-3-2-4-6-11)9-13-7-8-14(19-13)16(17)18/h7-9,11,15H,2-6,10H2,1H3/b12-9-. The van der Waals surface area contributed by atoms with Gasteiger partial charge in [0.25, 0.3) is 0 Å². The van der Waals surface area contributed by atoms with Gasteiger partial charge in [-0.15, -0.1) is 0 Å². The molecular weight excluding hydrogens is 260 g/mol. The van der Waals surface area contributed by atoms with Crippen LogP contribution in [0.1, 0.15) is 37.0 Å². The Hall–Kier alpha value is -1.20. The Labute approximate surface area is 117 Å². The topological polar surface area (TPSA) is 55.2 Å². The van der Waals surface area contributed by atoms with Crippen molar-refractivity contribution in [3.05, 3.63) is 32.7 Å². The molecule has 1 aliphatic carbocycles. The van der Waals surface area contributed by atoms with E-state index in [1.54, 1.807) is 6.07 Å². The molecule has 1 aromatic rings. The summed E-state index contributed by atoms with van der Waals surface area (Å²) >= 11 is 1.26. The van der Waals surface area contributed by atoms with Crippen molar-refractivity contribution in [2.24, 2.45) is 5.92 Å². The zero-order valence-electron chi connectivity index (χ0n) is 11.2. The molecule has 2 rings (SSSR count). The molecule has 0 atom stereocenters. The number of hydrogen-bond acceptors (Lipinski definition) is 4. The molecule has 1 saturated carbocycles. The van der Waals surface area contributed by atoms with Crippen LogP contribution < -0.4 is 5.32 Å². The lowest BCUT2D eigenvalue weighted by Gasteiger charge is -2.24. The fourth-order valence-electron chi connectivity index (χ4n) is 2.69. The molecule has 0 amide bonds. The highest BCUT2D eigenvalue weighted by Gasteiger charge is 2.18. The molecule has 104 valence electrons. The first kappa shape index (κ1) is 14.2. The minimum atomic E-state index is -0.319. The first-order valence-electron chi connectivity index (χ1n) is 6.80. The lowest BCUT2D eigenvalue weighted by atomic mass is 9.83. The molecule has 5 heteroatoms. The molecule has 0 saturated heterocycles. The van der Waals surface area contributed by atoms with E-state index in [4.69, 9.17) is 0 Å². The van der Waals surface area contributed by atoms with E-state index in [1.807, 2.05) is 13.1 Å². The van der Waals surface area contributed by atoms with Crippen molar-refractivity contribution in [3.63, 3.8) is 0 Å². The summed E-state index contributed by atoms with van der Waals surface area (Å²) < 4.78 is 0. The van der Waals surface area contributed by atoms with Crippen LogP contribution in [0.5, 0.6) is 0 Å². The number of nitrogens with one attached hydrogen (secondary N) is 1. The largest absolute Gasteiger partial charge is 0.324 e. The summed E-state index contributed by atoms with van der Waals surface area (Å²) in [5.74, 6) is 0.641. The van der Waals surface area contributed by atoms with Gasteiger partial charge in [-0.25, -0.2) is 0 Å². The highest BCUT2D eigenvalue weighted by atomic mass is 32.1. The molecule has 0 bridgehead atoms. The summed E-state index contributed by atoms with van der Waals surface area (Å²) in [6.07, 6.45) is 8.59. The third-order valence-corrected chi connectivity index (χ3v) is 4.61. The third-order valence-electron chi connectivity index (χ3n) is 3.63. The minimum absolute atomic E-state index is 0.221. The van der Waals surface area contributed by atoms with Gasteiger partial charge < -0.3 is 5.32 Å². The van der Waals surface area contributed by atoms with Crippen LogP contribution in [0, 0.1) is 16.0 Å². The maximum absolute atomic E-state index is 10.7. The summed E-state index contributed by atoms with van der Waals surface area (Å²) in [6.45, 7) is 0.871. The number of likely N-dealkylation sites (N-methyl/N-ethyl adjacent to an activating group) is 1. The van der Waals surface area contributed by atoms with E-state index in [-0.39, 0.29) is 9.92 Å². The molecule has 1 heterocycles. The Kier molecular flexibility index (Phi) is 5.10. The first-order valence-corrected chi connectivity index (χ1v) is 7.61. The van der Waals surface area contributed by atoms with Gasteiger partial charge in [0.1, 0.15) is 0 Å². The first-order chi connectivity index (χ1) is 9.20. The highest BCUT2D eigenvalue weighted by Crippen LogP contribution is 2.32. The van der Waals surface area contributed by atoms with Gasteiger partial charge in [0.2, 0.25) is 0 Å². The molecule has 1 aliphatic rings. The molecular formula is C14H20N2O2S. The second kappa shape index (κ2) is 6.82. The summed E-state index contributed by atoms with van der Waals surface area (Å²) in [5, 5.41) is 14.1. The summed E-state index contributed by atoms with van der Waals surface area (Å²) in [5.41, 5.74) is 1.39. The number of rotatable bonds is 5. The summed E-state index contributed by atoms with van der Waals surface area (Å²) in [6, 6.07) is 3.44. The van der Waals surface area contributed by atoms with E-state index in [0.29, 0.717) is 5.92 Å². The van der Waals surface area contributed by atoms with Crippen molar-refractivity contribution in [2.75, 3.05) is 13.6 Å². The number of nitrogens with zero attached hydrogens (tertiary/aromatic N) is 1. The molecule has 1 aromatic heterocycles. The van der Waals surface area contributed by atoms with Gasteiger partial charge in [-0.3, -0.25) is 10.1 Å². The fraction of sp³-hybridized carbons (Fsp3) is 0.571. The van der Waals surface area contributed by atoms with Crippen LogP contribution in [0.2, 0.25) is 0 Å². The summed E-state index contributed by atoms with van der Waals surface area (Å²) in [4.78, 5) is 11.4. The Morgan fingerprint density at radius 1 is 1.47 bits per heavy atom. The van der Waals surface area contributed by atoms with Crippen molar-refractivity contribution in [1.82, 2.24) is 5.32 Å². The Morgan fingerprint density at radius 2 is 2.21 bits per heavy atom. The number of nitro groups is 1. The van der Waals surface area contributed by atoms with Gasteiger partial charge >= 0.3 is 5.00 Å². The van der Waals surface area contributed by atoms with Crippen molar-refractivity contribution in [2.45, 2.75) is 32.1 Å². The van der Waals surface area contributed by atoms with Crippen LogP contribution in [-0.2, 0) is 0 Å². The van der Waals surface area contributed by atoms with Crippen molar-refractivity contribution >= 4 is 22.4 Å². The molecule has 0 spiro atoms. The van der Waals surface area contributed by atoms with Crippen molar-refractivity contribution in [1.29, 1.82) is 0 Å². The maximum Gasteiger partial charge on any atom is 0.324 e. The second-order valence-corrected chi connectivity index (χ2v) is 6.11. The van der Waals surface area contributed by atoms with Gasteiger partial charge in [0.05, 0.1) is 4.92 Å². The molecule has 0 unspecified atom stereocenters. The Bertz CT molecular complexity index is 462. The van der Waals surface area contributed by atoms with E-state index < -0.39 is 0 Å². The zero-order chi connectivity index (χ0) is 13.7. The van der Waals surface area contributed by atoms with E-state index >= 15 is 0 Å². The normalized spacial score (nSPS) is 17.6. The average Bonchev–Trinajstić information content (AvgIpc) is 2.88. The van der Waals surface area contributed by atoms with Crippen LogP contribution >= 0.6 is 11.3 Å². The van der Waals surface area contributed by atoms with Crippen molar-refractivity contribution < 1.29 is 4.92 Å². The SMILES string of the molecule is CNC/C(=C/c1ccc([N+](=O)[O-])s1)C1CCCCC1. The van der Waals surface area contributed by atoms with Gasteiger partial charge in [-0.2, -0.15) is 0 Å².